The van der Waals surface area contributed by atoms with Crippen LogP contribution in [0.1, 0.15) is 35.0 Å². The Kier molecular flexibility index (Phi) is 6.43. The molecule has 152 valence electrons. The van der Waals surface area contributed by atoms with Crippen molar-refractivity contribution in [1.29, 1.82) is 0 Å². The molecule has 1 N–H and O–H groups in total. The molecular weight excluding hydrogens is 374 g/mol. The molecule has 0 aliphatic carbocycles. The van der Waals surface area contributed by atoms with Gasteiger partial charge in [0, 0.05) is 6.54 Å². The van der Waals surface area contributed by atoms with Gasteiger partial charge < -0.3 is 14.5 Å². The summed E-state index contributed by atoms with van der Waals surface area (Å²) in [7, 11) is 0. The van der Waals surface area contributed by atoms with Gasteiger partial charge in [0.25, 0.3) is 5.56 Å². The fourth-order valence-electron chi connectivity index (χ4n) is 3.07. The van der Waals surface area contributed by atoms with E-state index in [1.807, 2.05) is 30.3 Å². The normalized spacial score (nSPS) is 10.8. The number of ether oxygens (including phenoxy) is 1. The molecule has 0 spiro atoms. The zero-order valence-electron chi connectivity index (χ0n) is 16.4. The highest BCUT2D eigenvalue weighted by molar-refractivity contribution is 6.03. The number of carbonyl (C=O) groups is 2. The molecule has 0 radical (unpaired) electrons. The predicted molar refractivity (Wildman–Crippen MR) is 107 cm³/mol. The largest absolute Gasteiger partial charge is 0.462 e. The highest BCUT2D eigenvalue weighted by Gasteiger charge is 2.24. The van der Waals surface area contributed by atoms with Crippen molar-refractivity contribution < 1.29 is 18.7 Å². The van der Waals surface area contributed by atoms with Crippen molar-refractivity contribution in [3.05, 3.63) is 63.9 Å². The molecule has 29 heavy (non-hydrogen) atoms. The van der Waals surface area contributed by atoms with E-state index in [2.05, 4.69) is 10.3 Å². The van der Waals surface area contributed by atoms with Crippen LogP contribution in [0.4, 0.5) is 0 Å². The minimum Gasteiger partial charge on any atom is -0.462 e. The SMILES string of the molecule is CCOC(=O)c1c(C)oc2ncn(CC(=O)NCCCc3ccccc3)c(=O)c12. The summed E-state index contributed by atoms with van der Waals surface area (Å²) in [5, 5.41) is 2.83. The summed E-state index contributed by atoms with van der Waals surface area (Å²) < 4.78 is 11.6. The second kappa shape index (κ2) is 9.18. The van der Waals surface area contributed by atoms with E-state index in [-0.39, 0.29) is 41.5 Å². The molecule has 8 heteroatoms. The molecule has 0 saturated heterocycles. The summed E-state index contributed by atoms with van der Waals surface area (Å²) >= 11 is 0. The van der Waals surface area contributed by atoms with Gasteiger partial charge in [0.1, 0.15) is 29.6 Å². The van der Waals surface area contributed by atoms with Gasteiger partial charge in [-0.2, -0.15) is 0 Å². The first-order valence-corrected chi connectivity index (χ1v) is 9.47. The molecule has 1 aromatic carbocycles. The second-order valence-electron chi connectivity index (χ2n) is 6.55. The molecule has 0 aliphatic heterocycles. The Bertz CT molecular complexity index is 1070. The predicted octanol–water partition coefficient (Wildman–Crippen LogP) is 2.22. The Morgan fingerprint density at radius 2 is 2.00 bits per heavy atom. The van der Waals surface area contributed by atoms with Crippen molar-refractivity contribution in [2.75, 3.05) is 13.2 Å². The first kappa shape index (κ1) is 20.3. The Morgan fingerprint density at radius 3 is 2.72 bits per heavy atom. The van der Waals surface area contributed by atoms with Gasteiger partial charge in [-0.15, -0.1) is 0 Å². The van der Waals surface area contributed by atoms with Crippen molar-refractivity contribution in [2.45, 2.75) is 33.2 Å². The van der Waals surface area contributed by atoms with Crippen LogP contribution in [-0.2, 0) is 22.5 Å². The van der Waals surface area contributed by atoms with E-state index in [0.29, 0.717) is 6.54 Å². The maximum Gasteiger partial charge on any atom is 0.342 e. The average molecular weight is 397 g/mol. The molecule has 3 rings (SSSR count). The van der Waals surface area contributed by atoms with Gasteiger partial charge in [-0.1, -0.05) is 30.3 Å². The minimum atomic E-state index is -0.647. The number of fused-ring (bicyclic) bond motifs is 1. The standard InChI is InChI=1S/C21H23N3O5/c1-3-28-21(27)17-14(2)29-19-18(17)20(26)24(13-23-19)12-16(25)22-11-7-10-15-8-5-4-6-9-15/h4-6,8-9,13H,3,7,10-12H2,1-2H3,(H,22,25). The van der Waals surface area contributed by atoms with E-state index >= 15 is 0 Å². The van der Waals surface area contributed by atoms with Crippen LogP contribution >= 0.6 is 0 Å². The summed E-state index contributed by atoms with van der Waals surface area (Å²) in [6.07, 6.45) is 2.88. The third kappa shape index (κ3) is 4.71. The summed E-state index contributed by atoms with van der Waals surface area (Å²) in [5.41, 5.74) is 0.788. The van der Waals surface area contributed by atoms with Crippen LogP contribution in [0.5, 0.6) is 0 Å². The molecule has 1 amide bonds. The number of amides is 1. The lowest BCUT2D eigenvalue weighted by atomic mass is 10.1. The summed E-state index contributed by atoms with van der Waals surface area (Å²) in [4.78, 5) is 41.3. The Balaban J connectivity index is 1.67. The minimum absolute atomic E-state index is 0.0281. The molecule has 0 unspecified atom stereocenters. The van der Waals surface area contributed by atoms with Gasteiger partial charge >= 0.3 is 5.97 Å². The van der Waals surface area contributed by atoms with Crippen molar-refractivity contribution in [3.63, 3.8) is 0 Å². The number of aryl methyl sites for hydroxylation is 2. The number of nitrogens with one attached hydrogen (secondary N) is 1. The Hall–Kier alpha value is -3.42. The van der Waals surface area contributed by atoms with E-state index in [0.717, 1.165) is 17.4 Å². The second-order valence-corrected chi connectivity index (χ2v) is 6.55. The van der Waals surface area contributed by atoms with Gasteiger partial charge in [-0.05, 0) is 32.3 Å². The van der Waals surface area contributed by atoms with E-state index < -0.39 is 11.5 Å². The van der Waals surface area contributed by atoms with Crippen LogP contribution in [0.25, 0.3) is 11.1 Å². The Morgan fingerprint density at radius 1 is 1.24 bits per heavy atom. The van der Waals surface area contributed by atoms with Crippen LogP contribution in [-0.4, -0.2) is 34.6 Å². The molecule has 0 atom stereocenters. The number of hydrogen-bond donors (Lipinski definition) is 1. The monoisotopic (exact) mass is 397 g/mol. The molecule has 0 saturated carbocycles. The van der Waals surface area contributed by atoms with Crippen molar-refractivity contribution in [1.82, 2.24) is 14.9 Å². The van der Waals surface area contributed by atoms with Gasteiger partial charge in [-0.25, -0.2) is 9.78 Å². The molecule has 0 fully saturated rings. The van der Waals surface area contributed by atoms with Crippen molar-refractivity contribution >= 4 is 23.0 Å². The third-order valence-corrected chi connectivity index (χ3v) is 4.46. The zero-order chi connectivity index (χ0) is 20.8. The smallest absolute Gasteiger partial charge is 0.342 e. The quantitative estimate of drug-likeness (QED) is 0.462. The fraction of sp³-hybridized carbons (Fsp3) is 0.333. The van der Waals surface area contributed by atoms with Gasteiger partial charge in [0.15, 0.2) is 0 Å². The highest BCUT2D eigenvalue weighted by atomic mass is 16.5. The fourth-order valence-corrected chi connectivity index (χ4v) is 3.07. The summed E-state index contributed by atoms with van der Waals surface area (Å²) in [6, 6.07) is 9.99. The number of hydrogen-bond acceptors (Lipinski definition) is 6. The number of rotatable bonds is 8. The maximum absolute atomic E-state index is 12.8. The Labute approximate surface area is 167 Å². The molecular formula is C21H23N3O5. The number of nitrogens with zero attached hydrogens (tertiary/aromatic N) is 2. The summed E-state index contributed by atoms with van der Waals surface area (Å²) in [5.74, 6) is -0.698. The van der Waals surface area contributed by atoms with Gasteiger partial charge in [0.05, 0.1) is 6.61 Å². The van der Waals surface area contributed by atoms with Crippen LogP contribution in [0.2, 0.25) is 0 Å². The number of carbonyl (C=O) groups excluding carboxylic acids is 2. The third-order valence-electron chi connectivity index (χ3n) is 4.46. The lowest BCUT2D eigenvalue weighted by Gasteiger charge is -2.07. The number of aromatic nitrogens is 2. The lowest BCUT2D eigenvalue weighted by Crippen LogP contribution is -2.33. The van der Waals surface area contributed by atoms with E-state index in [9.17, 15) is 14.4 Å². The van der Waals surface area contributed by atoms with Gasteiger partial charge in [0.2, 0.25) is 11.6 Å². The topological polar surface area (TPSA) is 103 Å². The number of esters is 1. The highest BCUT2D eigenvalue weighted by Crippen LogP contribution is 2.21. The van der Waals surface area contributed by atoms with Crippen LogP contribution in [0.3, 0.4) is 0 Å². The molecule has 8 nitrogen and oxygen atoms in total. The number of benzene rings is 1. The number of furan rings is 1. The maximum atomic E-state index is 12.8. The summed E-state index contributed by atoms with van der Waals surface area (Å²) in [6.45, 7) is 3.72. The molecule has 2 heterocycles. The first-order chi connectivity index (χ1) is 14.0. The molecule has 0 bridgehead atoms. The van der Waals surface area contributed by atoms with Crippen LogP contribution in [0, 0.1) is 6.92 Å². The van der Waals surface area contributed by atoms with E-state index in [1.54, 1.807) is 13.8 Å². The van der Waals surface area contributed by atoms with Crippen molar-refractivity contribution in [2.24, 2.45) is 0 Å². The average Bonchev–Trinajstić information content (AvgIpc) is 3.05. The van der Waals surface area contributed by atoms with Crippen molar-refractivity contribution in [3.8, 4) is 0 Å². The van der Waals surface area contributed by atoms with Crippen LogP contribution in [0.15, 0.2) is 45.9 Å². The lowest BCUT2D eigenvalue weighted by molar-refractivity contribution is -0.121. The van der Waals surface area contributed by atoms with E-state index in [1.165, 1.54) is 11.9 Å². The molecule has 3 aromatic rings. The molecule has 0 aliphatic rings. The van der Waals surface area contributed by atoms with E-state index in [4.69, 9.17) is 9.15 Å². The molecule has 2 aromatic heterocycles. The van der Waals surface area contributed by atoms with Gasteiger partial charge in [-0.3, -0.25) is 14.2 Å². The van der Waals surface area contributed by atoms with Crippen LogP contribution < -0.4 is 10.9 Å². The zero-order valence-corrected chi connectivity index (χ0v) is 16.4. The first-order valence-electron chi connectivity index (χ1n) is 9.47.